The van der Waals surface area contributed by atoms with Crippen LogP contribution in [0.4, 0.5) is 0 Å². The van der Waals surface area contributed by atoms with E-state index < -0.39 is 0 Å². The van der Waals surface area contributed by atoms with Gasteiger partial charge in [-0.05, 0) is 12.8 Å². The minimum Gasteiger partial charge on any atom is -0.385 e. The fourth-order valence-corrected chi connectivity index (χ4v) is 0.597. The van der Waals surface area contributed by atoms with Crippen LogP contribution >= 0.6 is 0 Å². The second-order valence-corrected chi connectivity index (χ2v) is 2.08. The lowest BCUT2D eigenvalue weighted by Crippen LogP contribution is -1.80. The van der Waals surface area contributed by atoms with Gasteiger partial charge in [-0.25, -0.2) is 0 Å². The van der Waals surface area contributed by atoms with Crippen LogP contribution in [0.1, 0.15) is 19.8 Å². The molecule has 0 radical (unpaired) electrons. The van der Waals surface area contributed by atoms with Gasteiger partial charge in [0.05, 0.1) is 0 Å². The maximum atomic E-state index is 4.69. The van der Waals surface area contributed by atoms with Crippen molar-refractivity contribution in [2.75, 3.05) is 13.7 Å². The van der Waals surface area contributed by atoms with Crippen molar-refractivity contribution in [1.82, 2.24) is 0 Å². The molecule has 1 nitrogen and oxygen atoms in total. The average molecular weight is 140 g/mol. The first kappa shape index (κ1) is 9.44. The smallest absolute Gasteiger partial charge is 0.0459 e. The Labute approximate surface area is 63.4 Å². The van der Waals surface area contributed by atoms with Crippen LogP contribution in [0, 0.1) is 0 Å². The van der Waals surface area contributed by atoms with Crippen LogP contribution in [0.15, 0.2) is 24.3 Å². The van der Waals surface area contributed by atoms with Crippen molar-refractivity contribution in [3.05, 3.63) is 24.3 Å². The van der Waals surface area contributed by atoms with Gasteiger partial charge in [0.2, 0.25) is 0 Å². The zero-order chi connectivity index (χ0) is 7.66. The summed E-state index contributed by atoms with van der Waals surface area (Å²) in [5.41, 5.74) is 0. The molecule has 0 aromatic rings. The highest BCUT2D eigenvalue weighted by Crippen LogP contribution is 1.93. The second kappa shape index (κ2) is 8.44. The van der Waals surface area contributed by atoms with Gasteiger partial charge in [-0.2, -0.15) is 0 Å². The summed E-state index contributed by atoms with van der Waals surface area (Å²) in [5.74, 6) is 0. The van der Waals surface area contributed by atoms with E-state index in [1.807, 2.05) is 0 Å². The third kappa shape index (κ3) is 7.44. The van der Waals surface area contributed by atoms with E-state index in [1.165, 1.54) is 0 Å². The molecule has 0 atom stereocenters. The Kier molecular flexibility index (Phi) is 7.97. The van der Waals surface area contributed by atoms with Gasteiger partial charge < -0.3 is 4.74 Å². The van der Waals surface area contributed by atoms with Gasteiger partial charge in [0.25, 0.3) is 0 Å². The highest BCUT2D eigenvalue weighted by molar-refractivity contribution is 5.11. The number of rotatable bonds is 2. The van der Waals surface area contributed by atoms with Gasteiger partial charge >= 0.3 is 0 Å². The van der Waals surface area contributed by atoms with Gasteiger partial charge in [-0.15, -0.1) is 0 Å². The molecule has 0 aromatic carbocycles. The van der Waals surface area contributed by atoms with E-state index >= 15 is 0 Å². The maximum Gasteiger partial charge on any atom is 0.0459 e. The molecule has 0 spiro atoms. The molecule has 0 saturated carbocycles. The average Bonchev–Trinajstić information content (AvgIpc) is 2.44. The zero-order valence-corrected chi connectivity index (χ0v) is 6.84. The van der Waals surface area contributed by atoms with Crippen LogP contribution in [0.3, 0.4) is 0 Å². The lowest BCUT2D eigenvalue weighted by atomic mass is 10.5. The van der Waals surface area contributed by atoms with E-state index in [9.17, 15) is 0 Å². The highest BCUT2D eigenvalue weighted by Gasteiger charge is 1.72. The van der Waals surface area contributed by atoms with Crippen LogP contribution < -0.4 is 0 Å². The molecule has 0 amide bonds. The number of allylic oxidation sites excluding steroid dienone is 4. The van der Waals surface area contributed by atoms with Gasteiger partial charge in [0.1, 0.15) is 0 Å². The predicted molar refractivity (Wildman–Crippen MR) is 45.1 cm³/mol. The minimum atomic E-state index is 0.889. The predicted octanol–water partition coefficient (Wildman–Crippen LogP) is 2.55. The van der Waals surface area contributed by atoms with Crippen LogP contribution in [0.25, 0.3) is 0 Å². The summed E-state index contributed by atoms with van der Waals surface area (Å²) in [6.07, 6.45) is 10.6. The zero-order valence-electron chi connectivity index (χ0n) is 6.84. The summed E-state index contributed by atoms with van der Waals surface area (Å²) in [6.45, 7) is 2.98. The van der Waals surface area contributed by atoms with Crippen LogP contribution in [0.5, 0.6) is 0 Å². The largest absolute Gasteiger partial charge is 0.385 e. The molecule has 58 valence electrons. The molecule has 0 unspecified atom stereocenters. The lowest BCUT2D eigenvalue weighted by Gasteiger charge is -1.84. The molecular weight excluding hydrogens is 124 g/mol. The molecule has 0 N–H and O–H groups in total. The summed E-state index contributed by atoms with van der Waals surface area (Å²) in [5, 5.41) is 0. The number of ether oxygens (including phenoxy) is 1. The first-order valence-corrected chi connectivity index (χ1v) is 3.72. The van der Waals surface area contributed by atoms with Crippen LogP contribution in [0.2, 0.25) is 0 Å². The van der Waals surface area contributed by atoms with Crippen molar-refractivity contribution in [1.29, 1.82) is 0 Å². The van der Waals surface area contributed by atoms with E-state index in [1.54, 1.807) is 7.11 Å². The van der Waals surface area contributed by atoms with Crippen molar-refractivity contribution in [3.63, 3.8) is 0 Å². The van der Waals surface area contributed by atoms with Crippen LogP contribution in [-0.2, 0) is 4.74 Å². The number of methoxy groups -OCH3 is 1. The van der Waals surface area contributed by atoms with E-state index in [2.05, 4.69) is 31.2 Å². The molecule has 0 saturated heterocycles. The quantitative estimate of drug-likeness (QED) is 0.572. The second-order valence-electron chi connectivity index (χ2n) is 2.08. The molecule has 0 bridgehead atoms. The molecular formula is C9H16O. The number of hydrogen-bond acceptors (Lipinski definition) is 1. The van der Waals surface area contributed by atoms with E-state index in [4.69, 9.17) is 4.74 Å². The Morgan fingerprint density at radius 1 is 1.30 bits per heavy atom. The summed E-state index contributed by atoms with van der Waals surface area (Å²) in [4.78, 5) is 0. The van der Waals surface area contributed by atoms with E-state index in [-0.39, 0.29) is 0 Å². The van der Waals surface area contributed by atoms with Crippen molar-refractivity contribution in [3.8, 4) is 0 Å². The normalized spacial score (nSPS) is 13.0. The summed E-state index contributed by atoms with van der Waals surface area (Å²) in [7, 11) is 1.71. The molecule has 1 rings (SSSR count). The highest BCUT2D eigenvalue weighted by atomic mass is 16.5. The summed E-state index contributed by atoms with van der Waals surface area (Å²) < 4.78 is 4.69. The third-order valence-corrected chi connectivity index (χ3v) is 1.06. The van der Waals surface area contributed by atoms with Crippen molar-refractivity contribution in [2.45, 2.75) is 19.8 Å². The van der Waals surface area contributed by atoms with Crippen molar-refractivity contribution < 1.29 is 4.74 Å². The summed E-state index contributed by atoms with van der Waals surface area (Å²) in [6, 6.07) is 0. The SMILES string of the molecule is C1=CCC=C1.CCCOC. The fourth-order valence-electron chi connectivity index (χ4n) is 0.597. The molecule has 0 fully saturated rings. The summed E-state index contributed by atoms with van der Waals surface area (Å²) >= 11 is 0. The van der Waals surface area contributed by atoms with Crippen molar-refractivity contribution >= 4 is 0 Å². The van der Waals surface area contributed by atoms with Crippen molar-refractivity contribution in [2.24, 2.45) is 0 Å². The molecule has 10 heavy (non-hydrogen) atoms. The number of hydrogen-bond donors (Lipinski definition) is 0. The van der Waals surface area contributed by atoms with Gasteiger partial charge in [-0.3, -0.25) is 0 Å². The first-order valence-electron chi connectivity index (χ1n) is 3.72. The molecule has 1 aliphatic carbocycles. The molecule has 0 heterocycles. The fraction of sp³-hybridized carbons (Fsp3) is 0.556. The van der Waals surface area contributed by atoms with Gasteiger partial charge in [0, 0.05) is 13.7 Å². The molecule has 1 aliphatic rings. The first-order chi connectivity index (χ1) is 4.91. The Morgan fingerprint density at radius 2 is 1.90 bits per heavy atom. The lowest BCUT2D eigenvalue weighted by molar-refractivity contribution is 0.199. The van der Waals surface area contributed by atoms with E-state index in [0.717, 1.165) is 19.4 Å². The Balaban J connectivity index is 0.000000162. The monoisotopic (exact) mass is 140 g/mol. The van der Waals surface area contributed by atoms with E-state index in [0.29, 0.717) is 0 Å². The molecule has 1 heteroatoms. The standard InChI is InChI=1S/C5H6.C4H10O/c1-2-4-5-3-1;1-3-4-5-2/h1-4H,5H2;3-4H2,1-2H3. The van der Waals surface area contributed by atoms with Crippen LogP contribution in [-0.4, -0.2) is 13.7 Å². The Morgan fingerprint density at radius 3 is 2.00 bits per heavy atom. The Hall–Kier alpha value is -0.560. The third-order valence-electron chi connectivity index (χ3n) is 1.06. The minimum absolute atomic E-state index is 0.889. The Bertz CT molecular complexity index is 91.3. The molecule has 0 aromatic heterocycles. The maximum absolute atomic E-state index is 4.69. The van der Waals surface area contributed by atoms with Gasteiger partial charge in [0.15, 0.2) is 0 Å². The van der Waals surface area contributed by atoms with Gasteiger partial charge in [-0.1, -0.05) is 31.2 Å². The topological polar surface area (TPSA) is 9.23 Å². The molecule has 0 aliphatic heterocycles.